The fourth-order valence-electron chi connectivity index (χ4n) is 4.91. The number of nitrogens with zero attached hydrogens (tertiary/aromatic N) is 3. The fraction of sp³-hybridized carbons (Fsp3) is 0.536. The van der Waals surface area contributed by atoms with Crippen LogP contribution in [0.15, 0.2) is 53.6 Å². The van der Waals surface area contributed by atoms with E-state index in [4.69, 9.17) is 0 Å². The molecule has 32 heavy (non-hydrogen) atoms. The van der Waals surface area contributed by atoms with Gasteiger partial charge in [0.1, 0.15) is 0 Å². The molecular formula is C28H39N3S. The molecule has 1 aromatic heterocycles. The van der Waals surface area contributed by atoms with Crippen molar-refractivity contribution in [1.82, 2.24) is 14.8 Å². The normalized spacial score (nSPS) is 18.7. The smallest absolute Gasteiger partial charge is 0.0702 e. The molecule has 1 aliphatic heterocycles. The van der Waals surface area contributed by atoms with Crippen molar-refractivity contribution in [2.75, 3.05) is 19.3 Å². The second kappa shape index (κ2) is 10.0. The van der Waals surface area contributed by atoms with Crippen molar-refractivity contribution in [1.29, 1.82) is 0 Å². The summed E-state index contributed by atoms with van der Waals surface area (Å²) in [4.78, 5) is 11.3. The number of piperidine rings is 1. The number of benzene rings is 1. The number of thioether (sulfide) groups is 1. The van der Waals surface area contributed by atoms with Crippen molar-refractivity contribution in [2.24, 2.45) is 0 Å². The average Bonchev–Trinajstić information content (AvgIpc) is 3.64. The van der Waals surface area contributed by atoms with Crippen molar-refractivity contribution in [3.05, 3.63) is 54.2 Å². The fourth-order valence-corrected chi connectivity index (χ4v) is 5.27. The first-order valence-electron chi connectivity index (χ1n) is 12.2. The molecule has 0 unspecified atom stereocenters. The molecule has 0 amide bonds. The van der Waals surface area contributed by atoms with Crippen molar-refractivity contribution < 1.29 is 0 Å². The van der Waals surface area contributed by atoms with Gasteiger partial charge in [0.15, 0.2) is 0 Å². The summed E-state index contributed by atoms with van der Waals surface area (Å²) >= 11 is 1.73. The Morgan fingerprint density at radius 3 is 2.19 bits per heavy atom. The van der Waals surface area contributed by atoms with Crippen LogP contribution in [0.4, 0.5) is 0 Å². The highest BCUT2D eigenvalue weighted by atomic mass is 32.2. The molecule has 2 fully saturated rings. The number of hydrogen-bond acceptors (Lipinski definition) is 4. The van der Waals surface area contributed by atoms with Gasteiger partial charge in [-0.25, -0.2) is 0 Å². The molecule has 1 saturated heterocycles. The highest BCUT2D eigenvalue weighted by Gasteiger charge is 2.38. The SMILES string of the molecule is CC/C=C(/c1ccc(-c2ccc(SC)cn2)cc1)N(C1CC1)C1CCN(C(C)(C)C)CC1. The highest BCUT2D eigenvalue weighted by Crippen LogP contribution is 2.39. The van der Waals surface area contributed by atoms with Gasteiger partial charge < -0.3 is 4.90 Å². The van der Waals surface area contributed by atoms with Gasteiger partial charge in [-0.2, -0.15) is 0 Å². The maximum atomic E-state index is 4.65. The third-order valence-electron chi connectivity index (χ3n) is 6.87. The van der Waals surface area contributed by atoms with Crippen LogP contribution in [0.1, 0.15) is 65.4 Å². The van der Waals surface area contributed by atoms with Crippen LogP contribution in [0.25, 0.3) is 17.0 Å². The van der Waals surface area contributed by atoms with E-state index in [0.29, 0.717) is 6.04 Å². The first-order valence-corrected chi connectivity index (χ1v) is 13.5. The molecule has 0 spiro atoms. The molecule has 1 saturated carbocycles. The van der Waals surface area contributed by atoms with E-state index >= 15 is 0 Å². The monoisotopic (exact) mass is 449 g/mol. The Bertz CT molecular complexity index is 899. The molecule has 0 atom stereocenters. The molecule has 0 bridgehead atoms. The summed E-state index contributed by atoms with van der Waals surface area (Å²) in [5, 5.41) is 0. The maximum absolute atomic E-state index is 4.65. The first-order chi connectivity index (χ1) is 15.4. The number of pyridine rings is 1. The minimum Gasteiger partial charge on any atom is -0.365 e. The summed E-state index contributed by atoms with van der Waals surface area (Å²) < 4.78 is 0. The van der Waals surface area contributed by atoms with Gasteiger partial charge >= 0.3 is 0 Å². The Kier molecular flexibility index (Phi) is 7.31. The Labute approximate surface area is 199 Å². The van der Waals surface area contributed by atoms with Crippen LogP contribution in [0.2, 0.25) is 0 Å². The summed E-state index contributed by atoms with van der Waals surface area (Å²) in [7, 11) is 0. The predicted molar refractivity (Wildman–Crippen MR) is 139 cm³/mol. The largest absolute Gasteiger partial charge is 0.365 e. The van der Waals surface area contributed by atoms with Crippen molar-refractivity contribution >= 4 is 17.5 Å². The molecule has 2 aromatic rings. The van der Waals surface area contributed by atoms with E-state index < -0.39 is 0 Å². The van der Waals surface area contributed by atoms with E-state index in [0.717, 1.165) is 18.2 Å². The number of hydrogen-bond donors (Lipinski definition) is 0. The van der Waals surface area contributed by atoms with Gasteiger partial charge in [-0.1, -0.05) is 37.3 Å². The molecule has 4 heteroatoms. The van der Waals surface area contributed by atoms with Crippen LogP contribution in [-0.2, 0) is 0 Å². The topological polar surface area (TPSA) is 19.4 Å². The lowest BCUT2D eigenvalue weighted by atomic mass is 9.95. The molecule has 172 valence electrons. The highest BCUT2D eigenvalue weighted by molar-refractivity contribution is 7.98. The summed E-state index contributed by atoms with van der Waals surface area (Å²) in [5.74, 6) is 0. The van der Waals surface area contributed by atoms with Gasteiger partial charge in [-0.3, -0.25) is 9.88 Å². The molecule has 0 radical (unpaired) electrons. The zero-order chi connectivity index (χ0) is 22.7. The van der Waals surface area contributed by atoms with Crippen LogP contribution >= 0.6 is 11.8 Å². The number of aromatic nitrogens is 1. The zero-order valence-corrected chi connectivity index (χ0v) is 21.3. The minimum absolute atomic E-state index is 0.273. The van der Waals surface area contributed by atoms with E-state index in [2.05, 4.69) is 91.2 Å². The number of likely N-dealkylation sites (tertiary alicyclic amines) is 1. The van der Waals surface area contributed by atoms with Crippen molar-refractivity contribution in [3.8, 4) is 11.3 Å². The van der Waals surface area contributed by atoms with Crippen LogP contribution < -0.4 is 0 Å². The van der Waals surface area contributed by atoms with E-state index in [1.165, 1.54) is 60.5 Å². The lowest BCUT2D eigenvalue weighted by Gasteiger charge is -2.45. The average molecular weight is 450 g/mol. The zero-order valence-electron chi connectivity index (χ0n) is 20.5. The summed E-state index contributed by atoms with van der Waals surface area (Å²) in [6.45, 7) is 11.7. The number of rotatable bonds is 7. The Morgan fingerprint density at radius 2 is 1.69 bits per heavy atom. The third kappa shape index (κ3) is 5.40. The van der Waals surface area contributed by atoms with Gasteiger partial charge in [0.05, 0.1) is 5.69 Å². The minimum atomic E-state index is 0.273. The molecule has 0 N–H and O–H groups in total. The molecule has 1 aromatic carbocycles. The summed E-state index contributed by atoms with van der Waals surface area (Å²) in [6, 6.07) is 14.8. The molecule has 1 aliphatic carbocycles. The van der Waals surface area contributed by atoms with Gasteiger partial charge in [0.2, 0.25) is 0 Å². The summed E-state index contributed by atoms with van der Waals surface area (Å²) in [5.41, 5.74) is 5.30. The predicted octanol–water partition coefficient (Wildman–Crippen LogP) is 6.95. The number of allylic oxidation sites excluding steroid dienone is 1. The molecule has 4 rings (SSSR count). The van der Waals surface area contributed by atoms with E-state index in [-0.39, 0.29) is 5.54 Å². The Hall–Kier alpha value is -1.78. The van der Waals surface area contributed by atoms with E-state index in [9.17, 15) is 0 Å². The Balaban J connectivity index is 1.54. The summed E-state index contributed by atoms with van der Waals surface area (Å²) in [6.07, 6.45) is 12.8. The van der Waals surface area contributed by atoms with Crippen LogP contribution in [0, 0.1) is 0 Å². The first kappa shape index (κ1) is 23.4. The van der Waals surface area contributed by atoms with Gasteiger partial charge in [-0.15, -0.1) is 11.8 Å². The van der Waals surface area contributed by atoms with Crippen LogP contribution in [0.3, 0.4) is 0 Å². The molecule has 2 heterocycles. The lowest BCUT2D eigenvalue weighted by Crippen LogP contribution is -2.51. The third-order valence-corrected chi connectivity index (χ3v) is 7.58. The van der Waals surface area contributed by atoms with Gasteiger partial charge in [0, 0.05) is 53.1 Å². The second-order valence-corrected chi connectivity index (χ2v) is 11.1. The van der Waals surface area contributed by atoms with Crippen LogP contribution in [-0.4, -0.2) is 51.8 Å². The van der Waals surface area contributed by atoms with E-state index in [1.54, 1.807) is 11.8 Å². The lowest BCUT2D eigenvalue weighted by molar-refractivity contribution is 0.0727. The quantitative estimate of drug-likeness (QED) is 0.426. The molecule has 3 nitrogen and oxygen atoms in total. The van der Waals surface area contributed by atoms with E-state index in [1.807, 2.05) is 6.20 Å². The van der Waals surface area contributed by atoms with Crippen molar-refractivity contribution in [2.45, 2.75) is 82.3 Å². The van der Waals surface area contributed by atoms with Gasteiger partial charge in [0.25, 0.3) is 0 Å². The molecular weight excluding hydrogens is 410 g/mol. The standard InChI is InChI=1S/C28H39N3S/c1-6-7-27(22-10-8-21(9-11-22)26-15-14-25(32-5)20-29-26)31(23-12-13-23)24-16-18-30(19-17-24)28(2,3)4/h7-11,14-15,20,23-24H,6,12-13,16-19H2,1-5H3/b27-7-. The second-order valence-electron chi connectivity index (χ2n) is 10.2. The van der Waals surface area contributed by atoms with Crippen molar-refractivity contribution in [3.63, 3.8) is 0 Å². The Morgan fingerprint density at radius 1 is 1.03 bits per heavy atom. The maximum Gasteiger partial charge on any atom is 0.0702 e. The van der Waals surface area contributed by atoms with Gasteiger partial charge in [-0.05, 0) is 76.8 Å². The van der Waals surface area contributed by atoms with Crippen LogP contribution in [0.5, 0.6) is 0 Å². The molecule has 2 aliphatic rings.